The van der Waals surface area contributed by atoms with Gasteiger partial charge in [0.05, 0.1) is 12.1 Å². The zero-order valence-electron chi connectivity index (χ0n) is 11.0. The minimum Gasteiger partial charge on any atom is -0.459 e. The van der Waals surface area contributed by atoms with Crippen LogP contribution in [0.3, 0.4) is 0 Å². The lowest BCUT2D eigenvalue weighted by Gasteiger charge is -2.17. The first-order chi connectivity index (χ1) is 9.26. The van der Waals surface area contributed by atoms with E-state index >= 15 is 0 Å². The van der Waals surface area contributed by atoms with Crippen molar-refractivity contribution in [1.82, 2.24) is 5.32 Å². The first-order valence-corrected chi connectivity index (χ1v) is 7.12. The second-order valence-corrected chi connectivity index (χ2v) is 5.48. The monoisotopic (exact) mass is 279 g/mol. The fourth-order valence-corrected chi connectivity index (χ4v) is 2.86. The molecule has 2 aromatic rings. The van der Waals surface area contributed by atoms with E-state index in [4.69, 9.17) is 20.8 Å². The third kappa shape index (κ3) is 2.78. The molecule has 3 rings (SSSR count). The molecule has 1 aromatic heterocycles. The van der Waals surface area contributed by atoms with Crippen LogP contribution in [-0.4, -0.2) is 19.8 Å². The topological polar surface area (TPSA) is 34.4 Å². The number of benzene rings is 1. The first-order valence-electron chi connectivity index (χ1n) is 6.74. The van der Waals surface area contributed by atoms with Crippen molar-refractivity contribution >= 4 is 22.6 Å². The van der Waals surface area contributed by atoms with Gasteiger partial charge >= 0.3 is 0 Å². The highest BCUT2D eigenvalue weighted by atomic mass is 35.5. The predicted molar refractivity (Wildman–Crippen MR) is 76.6 cm³/mol. The van der Waals surface area contributed by atoms with Crippen molar-refractivity contribution in [2.45, 2.75) is 31.4 Å². The summed E-state index contributed by atoms with van der Waals surface area (Å²) in [5.41, 5.74) is 0.881. The highest BCUT2D eigenvalue weighted by Gasteiger charge is 2.23. The lowest BCUT2D eigenvalue weighted by molar-refractivity contribution is 0.0932. The molecule has 2 heterocycles. The van der Waals surface area contributed by atoms with Crippen LogP contribution in [0.15, 0.2) is 28.7 Å². The molecule has 1 aromatic carbocycles. The smallest absolute Gasteiger partial charge is 0.134 e. The van der Waals surface area contributed by atoms with Gasteiger partial charge in [-0.3, -0.25) is 0 Å². The fraction of sp³-hybridized carbons (Fsp3) is 0.467. The van der Waals surface area contributed by atoms with E-state index in [1.807, 2.05) is 25.2 Å². The molecule has 0 radical (unpaired) electrons. The zero-order valence-corrected chi connectivity index (χ0v) is 11.7. The third-order valence-electron chi connectivity index (χ3n) is 3.71. The summed E-state index contributed by atoms with van der Waals surface area (Å²) in [6.45, 7) is 0.886. The standard InChI is InChI=1S/C15H18ClNO2/c1-17-13(9-12-3-2-6-18-12)15-8-10-7-11(16)4-5-14(10)19-15/h4-5,7-8,12-13,17H,2-3,6,9H2,1H3. The fourth-order valence-electron chi connectivity index (χ4n) is 2.68. The number of hydrogen-bond acceptors (Lipinski definition) is 3. The molecule has 102 valence electrons. The average molecular weight is 280 g/mol. The van der Waals surface area contributed by atoms with Crippen molar-refractivity contribution in [2.24, 2.45) is 0 Å². The Morgan fingerprint density at radius 1 is 1.42 bits per heavy atom. The van der Waals surface area contributed by atoms with E-state index in [0.717, 1.165) is 47.6 Å². The summed E-state index contributed by atoms with van der Waals surface area (Å²) in [5.74, 6) is 0.954. The van der Waals surface area contributed by atoms with Gasteiger partial charge in [-0.2, -0.15) is 0 Å². The van der Waals surface area contributed by atoms with E-state index in [1.54, 1.807) is 0 Å². The van der Waals surface area contributed by atoms with Crippen LogP contribution < -0.4 is 5.32 Å². The van der Waals surface area contributed by atoms with E-state index in [9.17, 15) is 0 Å². The SMILES string of the molecule is CNC(CC1CCCO1)c1cc2cc(Cl)ccc2o1. The molecule has 1 fully saturated rings. The number of nitrogens with one attached hydrogen (secondary N) is 1. The van der Waals surface area contributed by atoms with Crippen molar-refractivity contribution in [3.63, 3.8) is 0 Å². The van der Waals surface area contributed by atoms with Crippen molar-refractivity contribution in [3.8, 4) is 0 Å². The Kier molecular flexibility index (Phi) is 3.78. The van der Waals surface area contributed by atoms with Gasteiger partial charge in [0.2, 0.25) is 0 Å². The largest absolute Gasteiger partial charge is 0.459 e. The Labute approximate surface area is 117 Å². The molecule has 2 atom stereocenters. The maximum atomic E-state index is 6.00. The Balaban J connectivity index is 1.83. The molecule has 0 saturated carbocycles. The summed E-state index contributed by atoms with van der Waals surface area (Å²) in [6.07, 6.45) is 3.60. The molecule has 4 heteroatoms. The summed E-state index contributed by atoms with van der Waals surface area (Å²) in [5, 5.41) is 5.10. The lowest BCUT2D eigenvalue weighted by Crippen LogP contribution is -2.21. The van der Waals surface area contributed by atoms with Crippen LogP contribution in [0.4, 0.5) is 0 Å². The Hall–Kier alpha value is -1.03. The van der Waals surface area contributed by atoms with Gasteiger partial charge in [0, 0.05) is 17.0 Å². The summed E-state index contributed by atoms with van der Waals surface area (Å²) in [6, 6.07) is 7.96. The van der Waals surface area contributed by atoms with Crippen LogP contribution in [0.25, 0.3) is 11.0 Å². The number of hydrogen-bond donors (Lipinski definition) is 1. The molecule has 0 amide bonds. The van der Waals surface area contributed by atoms with Crippen LogP contribution in [0.5, 0.6) is 0 Å². The summed E-state index contributed by atoms with van der Waals surface area (Å²) in [7, 11) is 1.96. The quantitative estimate of drug-likeness (QED) is 0.921. The minimum atomic E-state index is 0.189. The highest BCUT2D eigenvalue weighted by molar-refractivity contribution is 6.31. The van der Waals surface area contributed by atoms with E-state index < -0.39 is 0 Å². The Bertz CT molecular complexity index is 560. The van der Waals surface area contributed by atoms with Gasteiger partial charge in [-0.25, -0.2) is 0 Å². The van der Waals surface area contributed by atoms with Gasteiger partial charge in [-0.15, -0.1) is 0 Å². The molecule has 0 bridgehead atoms. The molecule has 2 unspecified atom stereocenters. The number of halogens is 1. The van der Waals surface area contributed by atoms with E-state index in [2.05, 4.69) is 11.4 Å². The van der Waals surface area contributed by atoms with Gasteiger partial charge < -0.3 is 14.5 Å². The van der Waals surface area contributed by atoms with Crippen molar-refractivity contribution in [3.05, 3.63) is 35.0 Å². The maximum Gasteiger partial charge on any atom is 0.134 e. The van der Waals surface area contributed by atoms with Crippen LogP contribution in [-0.2, 0) is 4.74 Å². The predicted octanol–water partition coefficient (Wildman–Crippen LogP) is 3.92. The van der Waals surface area contributed by atoms with Crippen molar-refractivity contribution in [1.29, 1.82) is 0 Å². The second-order valence-electron chi connectivity index (χ2n) is 5.04. The number of rotatable bonds is 4. The molecular formula is C15H18ClNO2. The van der Waals surface area contributed by atoms with Crippen molar-refractivity contribution in [2.75, 3.05) is 13.7 Å². The van der Waals surface area contributed by atoms with E-state index in [0.29, 0.717) is 6.10 Å². The lowest BCUT2D eigenvalue weighted by atomic mass is 10.0. The molecule has 1 N–H and O–H groups in total. The Morgan fingerprint density at radius 2 is 2.32 bits per heavy atom. The number of fused-ring (bicyclic) bond motifs is 1. The van der Waals surface area contributed by atoms with E-state index in [-0.39, 0.29) is 6.04 Å². The van der Waals surface area contributed by atoms with Crippen LogP contribution in [0.1, 0.15) is 31.1 Å². The van der Waals surface area contributed by atoms with Gasteiger partial charge in [0.1, 0.15) is 11.3 Å². The van der Waals surface area contributed by atoms with Crippen LogP contribution in [0, 0.1) is 0 Å². The normalized spacial score (nSPS) is 21.1. The van der Waals surface area contributed by atoms with Crippen LogP contribution in [0.2, 0.25) is 5.02 Å². The second kappa shape index (κ2) is 5.53. The zero-order chi connectivity index (χ0) is 13.2. The molecule has 1 saturated heterocycles. The average Bonchev–Trinajstić information content (AvgIpc) is 3.03. The maximum absolute atomic E-state index is 6.00. The molecule has 1 aliphatic heterocycles. The van der Waals surface area contributed by atoms with Crippen molar-refractivity contribution < 1.29 is 9.15 Å². The van der Waals surface area contributed by atoms with Gasteiger partial charge in [0.15, 0.2) is 0 Å². The van der Waals surface area contributed by atoms with Gasteiger partial charge in [0.25, 0.3) is 0 Å². The van der Waals surface area contributed by atoms with Gasteiger partial charge in [-0.1, -0.05) is 11.6 Å². The molecule has 1 aliphatic rings. The van der Waals surface area contributed by atoms with E-state index in [1.165, 1.54) is 0 Å². The van der Waals surface area contributed by atoms with Gasteiger partial charge in [-0.05, 0) is 50.6 Å². The first kappa shape index (κ1) is 13.0. The van der Waals surface area contributed by atoms with Crippen LogP contribution >= 0.6 is 11.6 Å². The Morgan fingerprint density at radius 3 is 3.05 bits per heavy atom. The molecule has 0 aliphatic carbocycles. The summed E-state index contributed by atoms with van der Waals surface area (Å²) in [4.78, 5) is 0. The number of ether oxygens (including phenoxy) is 1. The summed E-state index contributed by atoms with van der Waals surface area (Å²) < 4.78 is 11.6. The molecule has 19 heavy (non-hydrogen) atoms. The molecule has 0 spiro atoms. The summed E-state index contributed by atoms with van der Waals surface area (Å²) >= 11 is 6.00. The highest BCUT2D eigenvalue weighted by Crippen LogP contribution is 2.30. The minimum absolute atomic E-state index is 0.189. The molecule has 3 nitrogen and oxygen atoms in total. The number of furan rings is 1. The third-order valence-corrected chi connectivity index (χ3v) is 3.95. The molecular weight excluding hydrogens is 262 g/mol.